The van der Waals surface area contributed by atoms with Crippen molar-refractivity contribution in [3.05, 3.63) is 24.3 Å². The minimum atomic E-state index is -0.329. The largest absolute Gasteiger partial charge is 0.378 e. The van der Waals surface area contributed by atoms with Gasteiger partial charge in [0.05, 0.1) is 0 Å². The lowest BCUT2D eigenvalue weighted by molar-refractivity contribution is -0.131. The van der Waals surface area contributed by atoms with E-state index in [4.69, 9.17) is 0 Å². The Bertz CT molecular complexity index is 535. The first kappa shape index (κ1) is 13.0. The van der Waals surface area contributed by atoms with E-state index in [0.29, 0.717) is 5.92 Å². The maximum Gasteiger partial charge on any atom is 0.250 e. The first-order valence-electron chi connectivity index (χ1n) is 6.94. The van der Waals surface area contributed by atoms with Crippen molar-refractivity contribution in [2.75, 3.05) is 30.4 Å². The summed E-state index contributed by atoms with van der Waals surface area (Å²) in [7, 11) is 3.94. The van der Waals surface area contributed by atoms with Crippen LogP contribution in [0.5, 0.6) is 0 Å². The summed E-state index contributed by atoms with van der Waals surface area (Å²) < 4.78 is 0. The lowest BCUT2D eigenvalue weighted by Gasteiger charge is -2.32. The van der Waals surface area contributed by atoms with E-state index in [9.17, 15) is 9.59 Å². The molecule has 0 aromatic heterocycles. The van der Waals surface area contributed by atoms with E-state index < -0.39 is 0 Å². The number of hydrogen-bond donors (Lipinski definition) is 1. The number of amides is 2. The lowest BCUT2D eigenvalue weighted by Crippen LogP contribution is -2.59. The molecular weight excluding hydrogens is 254 g/mol. The summed E-state index contributed by atoms with van der Waals surface area (Å²) in [5.41, 5.74) is 1.86. The van der Waals surface area contributed by atoms with Gasteiger partial charge >= 0.3 is 0 Å². The molecule has 0 radical (unpaired) electrons. The average molecular weight is 273 g/mol. The second kappa shape index (κ2) is 4.81. The van der Waals surface area contributed by atoms with Gasteiger partial charge in [-0.05, 0) is 43.0 Å². The van der Waals surface area contributed by atoms with Crippen LogP contribution in [0.25, 0.3) is 0 Å². The number of rotatable bonds is 3. The fourth-order valence-electron chi connectivity index (χ4n) is 2.57. The molecule has 1 aliphatic heterocycles. The number of nitrogens with zero attached hydrogens (tertiary/aromatic N) is 2. The van der Waals surface area contributed by atoms with Gasteiger partial charge in [-0.1, -0.05) is 0 Å². The van der Waals surface area contributed by atoms with Crippen LogP contribution in [0.15, 0.2) is 24.3 Å². The molecule has 1 aliphatic carbocycles. The molecule has 1 aromatic carbocycles. The average Bonchev–Trinajstić information content (AvgIpc) is 3.25. The number of nitrogens with one attached hydrogen (secondary N) is 1. The van der Waals surface area contributed by atoms with E-state index in [0.717, 1.165) is 24.2 Å². The third-order valence-corrected chi connectivity index (χ3v) is 3.92. The Hall–Kier alpha value is -2.04. The van der Waals surface area contributed by atoms with Gasteiger partial charge in [-0.25, -0.2) is 0 Å². The molecule has 3 rings (SSSR count). The summed E-state index contributed by atoms with van der Waals surface area (Å²) in [5.74, 6) is 0.276. The SMILES string of the molecule is CN(C)c1ccc(N2CC(=O)NC(C3CC3)C2=O)cc1. The summed E-state index contributed by atoms with van der Waals surface area (Å²) in [4.78, 5) is 27.9. The molecule has 1 unspecified atom stereocenters. The van der Waals surface area contributed by atoms with Crippen molar-refractivity contribution in [2.45, 2.75) is 18.9 Å². The van der Waals surface area contributed by atoms with E-state index in [-0.39, 0.29) is 24.4 Å². The van der Waals surface area contributed by atoms with E-state index in [1.54, 1.807) is 4.90 Å². The van der Waals surface area contributed by atoms with Crippen molar-refractivity contribution >= 4 is 23.2 Å². The number of carbonyl (C=O) groups is 2. The Balaban J connectivity index is 1.83. The molecule has 106 valence electrons. The predicted molar refractivity (Wildman–Crippen MR) is 77.8 cm³/mol. The van der Waals surface area contributed by atoms with Crippen LogP contribution >= 0.6 is 0 Å². The molecule has 1 saturated carbocycles. The van der Waals surface area contributed by atoms with Gasteiger partial charge in [-0.15, -0.1) is 0 Å². The standard InChI is InChI=1S/C15H19N3O2/c1-17(2)11-5-7-12(8-6-11)18-9-13(19)16-14(15(18)20)10-3-4-10/h5-8,10,14H,3-4,9H2,1-2H3,(H,16,19). The highest BCUT2D eigenvalue weighted by atomic mass is 16.2. The fraction of sp³-hybridized carbons (Fsp3) is 0.467. The number of piperazine rings is 1. The highest BCUT2D eigenvalue weighted by Crippen LogP contribution is 2.35. The first-order chi connectivity index (χ1) is 9.56. The summed E-state index contributed by atoms with van der Waals surface area (Å²) >= 11 is 0. The highest BCUT2D eigenvalue weighted by Gasteiger charge is 2.42. The number of carbonyl (C=O) groups excluding carboxylic acids is 2. The molecule has 2 fully saturated rings. The molecule has 2 aliphatic rings. The number of benzene rings is 1. The van der Waals surface area contributed by atoms with Gasteiger partial charge in [-0.3, -0.25) is 9.59 Å². The maximum atomic E-state index is 12.5. The Kier molecular flexibility index (Phi) is 3.12. The van der Waals surface area contributed by atoms with Gasteiger partial charge < -0.3 is 15.1 Å². The molecule has 5 heteroatoms. The van der Waals surface area contributed by atoms with Crippen molar-refractivity contribution < 1.29 is 9.59 Å². The Morgan fingerprint density at radius 3 is 2.35 bits per heavy atom. The van der Waals surface area contributed by atoms with E-state index in [1.807, 2.05) is 43.3 Å². The molecule has 1 heterocycles. The zero-order valence-corrected chi connectivity index (χ0v) is 11.8. The van der Waals surface area contributed by atoms with Crippen molar-refractivity contribution in [1.29, 1.82) is 0 Å². The zero-order chi connectivity index (χ0) is 14.3. The maximum absolute atomic E-state index is 12.5. The molecule has 0 bridgehead atoms. The Labute approximate surface area is 118 Å². The van der Waals surface area contributed by atoms with Gasteiger partial charge in [-0.2, -0.15) is 0 Å². The second-order valence-corrected chi connectivity index (χ2v) is 5.72. The molecule has 1 N–H and O–H groups in total. The first-order valence-corrected chi connectivity index (χ1v) is 6.94. The summed E-state index contributed by atoms with van der Waals surface area (Å²) in [6.07, 6.45) is 2.06. The number of hydrogen-bond acceptors (Lipinski definition) is 3. The molecule has 5 nitrogen and oxygen atoms in total. The van der Waals surface area contributed by atoms with E-state index >= 15 is 0 Å². The van der Waals surface area contributed by atoms with Gasteiger partial charge in [0.2, 0.25) is 11.8 Å². The van der Waals surface area contributed by atoms with E-state index in [1.165, 1.54) is 0 Å². The summed E-state index contributed by atoms with van der Waals surface area (Å²) in [6, 6.07) is 7.39. The topological polar surface area (TPSA) is 52.6 Å². The third kappa shape index (κ3) is 2.35. The van der Waals surface area contributed by atoms with Gasteiger partial charge in [0.15, 0.2) is 0 Å². The van der Waals surface area contributed by atoms with Crippen LogP contribution in [-0.4, -0.2) is 38.5 Å². The minimum absolute atomic E-state index is 0.0182. The zero-order valence-electron chi connectivity index (χ0n) is 11.8. The minimum Gasteiger partial charge on any atom is -0.378 e. The normalized spacial score (nSPS) is 22.7. The third-order valence-electron chi connectivity index (χ3n) is 3.92. The molecular formula is C15H19N3O2. The summed E-state index contributed by atoms with van der Waals surface area (Å²) in [6.45, 7) is 0.114. The molecule has 20 heavy (non-hydrogen) atoms. The van der Waals surface area contributed by atoms with Crippen LogP contribution in [0.3, 0.4) is 0 Å². The monoisotopic (exact) mass is 273 g/mol. The van der Waals surface area contributed by atoms with Crippen LogP contribution in [0.1, 0.15) is 12.8 Å². The number of anilines is 2. The fourth-order valence-corrected chi connectivity index (χ4v) is 2.57. The molecule has 1 aromatic rings. The van der Waals surface area contributed by atoms with Gasteiger partial charge in [0, 0.05) is 25.5 Å². The highest BCUT2D eigenvalue weighted by molar-refractivity contribution is 6.06. The van der Waals surface area contributed by atoms with Crippen LogP contribution in [0.4, 0.5) is 11.4 Å². The van der Waals surface area contributed by atoms with Gasteiger partial charge in [0.1, 0.15) is 12.6 Å². The second-order valence-electron chi connectivity index (χ2n) is 5.72. The Morgan fingerprint density at radius 1 is 1.15 bits per heavy atom. The smallest absolute Gasteiger partial charge is 0.250 e. The predicted octanol–water partition coefficient (Wildman–Crippen LogP) is 0.994. The molecule has 2 amide bonds. The quantitative estimate of drug-likeness (QED) is 0.893. The van der Waals surface area contributed by atoms with Crippen molar-refractivity contribution in [2.24, 2.45) is 5.92 Å². The van der Waals surface area contributed by atoms with Crippen molar-refractivity contribution in [3.63, 3.8) is 0 Å². The molecule has 1 saturated heterocycles. The molecule has 1 atom stereocenters. The van der Waals surface area contributed by atoms with Gasteiger partial charge in [0.25, 0.3) is 0 Å². The van der Waals surface area contributed by atoms with Crippen LogP contribution < -0.4 is 15.1 Å². The summed E-state index contributed by atoms with van der Waals surface area (Å²) in [5, 5.41) is 2.82. The van der Waals surface area contributed by atoms with Crippen LogP contribution in [0.2, 0.25) is 0 Å². The van der Waals surface area contributed by atoms with Crippen LogP contribution in [-0.2, 0) is 9.59 Å². The Morgan fingerprint density at radius 2 is 1.80 bits per heavy atom. The van der Waals surface area contributed by atoms with Crippen LogP contribution in [0, 0.1) is 5.92 Å². The lowest BCUT2D eigenvalue weighted by atomic mass is 10.1. The van der Waals surface area contributed by atoms with Crippen molar-refractivity contribution in [3.8, 4) is 0 Å². The van der Waals surface area contributed by atoms with Crippen molar-refractivity contribution in [1.82, 2.24) is 5.32 Å². The molecule has 0 spiro atoms. The van der Waals surface area contributed by atoms with E-state index in [2.05, 4.69) is 5.32 Å².